The molecular formula is C7H14ClNO. The van der Waals surface area contributed by atoms with Crippen LogP contribution in [0.15, 0.2) is 0 Å². The average Bonchev–Trinajstić information content (AvgIpc) is 2.70. The van der Waals surface area contributed by atoms with E-state index in [0.29, 0.717) is 0 Å². The van der Waals surface area contributed by atoms with E-state index in [9.17, 15) is 0 Å². The zero-order valence-corrected chi connectivity index (χ0v) is 7.08. The summed E-state index contributed by atoms with van der Waals surface area (Å²) in [6, 6.07) is 0. The smallest absolute Gasteiger partial charge is 0.0587 e. The summed E-state index contributed by atoms with van der Waals surface area (Å²) >= 11 is 5.73. The summed E-state index contributed by atoms with van der Waals surface area (Å²) in [5.74, 6) is 0.733. The highest BCUT2D eigenvalue weighted by atomic mass is 35.5. The first-order valence-electron chi connectivity index (χ1n) is 3.63. The molecule has 0 atom stereocenters. The van der Waals surface area contributed by atoms with Crippen LogP contribution in [0.3, 0.4) is 0 Å². The number of halogens is 1. The second kappa shape index (κ2) is 3.56. The lowest BCUT2D eigenvalue weighted by Gasteiger charge is -2.12. The fraction of sp³-hybridized carbons (Fsp3) is 1.00. The normalized spacial score (nSPS) is 21.0. The maximum absolute atomic E-state index is 5.73. The molecule has 10 heavy (non-hydrogen) atoms. The number of alkyl halides is 1. The van der Waals surface area contributed by atoms with Crippen molar-refractivity contribution in [3.63, 3.8) is 0 Å². The molecule has 0 aromatic rings. The predicted molar refractivity (Wildman–Crippen MR) is 42.6 cm³/mol. The van der Waals surface area contributed by atoms with Gasteiger partial charge in [-0.05, 0) is 12.8 Å². The van der Waals surface area contributed by atoms with Crippen molar-refractivity contribution in [2.45, 2.75) is 18.4 Å². The molecule has 0 unspecified atom stereocenters. The molecular weight excluding hydrogens is 150 g/mol. The summed E-state index contributed by atoms with van der Waals surface area (Å²) in [7, 11) is 1.71. The number of hydrogen-bond acceptors (Lipinski definition) is 2. The zero-order chi connectivity index (χ0) is 7.45. The maximum Gasteiger partial charge on any atom is 0.0587 e. The van der Waals surface area contributed by atoms with Gasteiger partial charge in [0.15, 0.2) is 0 Å². The van der Waals surface area contributed by atoms with Crippen molar-refractivity contribution in [1.29, 1.82) is 0 Å². The highest BCUT2D eigenvalue weighted by molar-refractivity contribution is 6.18. The van der Waals surface area contributed by atoms with Gasteiger partial charge in [0.25, 0.3) is 0 Å². The molecule has 1 fully saturated rings. The van der Waals surface area contributed by atoms with E-state index in [1.54, 1.807) is 7.11 Å². The molecule has 60 valence electrons. The molecule has 1 aliphatic carbocycles. The Balaban J connectivity index is 2.01. The lowest BCUT2D eigenvalue weighted by atomic mass is 10.3. The summed E-state index contributed by atoms with van der Waals surface area (Å²) in [6.07, 6.45) is 2.44. The van der Waals surface area contributed by atoms with Gasteiger partial charge in [0, 0.05) is 25.1 Å². The van der Waals surface area contributed by atoms with Gasteiger partial charge in [0.1, 0.15) is 0 Å². The molecule has 0 aromatic heterocycles. The lowest BCUT2D eigenvalue weighted by Crippen LogP contribution is -2.35. The SMILES string of the molecule is COCCNC1(CCl)CC1. The highest BCUT2D eigenvalue weighted by Crippen LogP contribution is 2.35. The van der Waals surface area contributed by atoms with Crippen LogP contribution in [0.1, 0.15) is 12.8 Å². The van der Waals surface area contributed by atoms with Gasteiger partial charge < -0.3 is 10.1 Å². The fourth-order valence-electron chi connectivity index (χ4n) is 0.927. The summed E-state index contributed by atoms with van der Waals surface area (Å²) in [5.41, 5.74) is 0.278. The van der Waals surface area contributed by atoms with E-state index in [-0.39, 0.29) is 5.54 Å². The Hall–Kier alpha value is 0.210. The van der Waals surface area contributed by atoms with Crippen LogP contribution in [0.4, 0.5) is 0 Å². The number of hydrogen-bond donors (Lipinski definition) is 1. The van der Waals surface area contributed by atoms with Crippen molar-refractivity contribution in [2.75, 3.05) is 26.1 Å². The van der Waals surface area contributed by atoms with Crippen LogP contribution in [0, 0.1) is 0 Å². The van der Waals surface area contributed by atoms with Crippen LogP contribution < -0.4 is 5.32 Å². The van der Waals surface area contributed by atoms with E-state index >= 15 is 0 Å². The maximum atomic E-state index is 5.73. The van der Waals surface area contributed by atoms with Crippen molar-refractivity contribution in [3.05, 3.63) is 0 Å². The minimum Gasteiger partial charge on any atom is -0.383 e. The van der Waals surface area contributed by atoms with E-state index in [0.717, 1.165) is 19.0 Å². The minimum atomic E-state index is 0.278. The molecule has 0 aliphatic heterocycles. The second-order valence-corrected chi connectivity index (χ2v) is 3.10. The first kappa shape index (κ1) is 8.31. The van der Waals surface area contributed by atoms with Crippen LogP contribution >= 0.6 is 11.6 Å². The molecule has 1 rings (SSSR count). The Bertz CT molecular complexity index is 104. The van der Waals surface area contributed by atoms with Crippen LogP contribution in [0.5, 0.6) is 0 Å². The third-order valence-electron chi connectivity index (χ3n) is 1.92. The molecule has 0 amide bonds. The first-order valence-corrected chi connectivity index (χ1v) is 4.16. The monoisotopic (exact) mass is 163 g/mol. The van der Waals surface area contributed by atoms with Crippen molar-refractivity contribution >= 4 is 11.6 Å². The summed E-state index contributed by atoms with van der Waals surface area (Å²) in [6.45, 7) is 1.70. The number of methoxy groups -OCH3 is 1. The van der Waals surface area contributed by atoms with Gasteiger partial charge in [0.2, 0.25) is 0 Å². The molecule has 2 nitrogen and oxygen atoms in total. The van der Waals surface area contributed by atoms with Gasteiger partial charge in [-0.15, -0.1) is 11.6 Å². The van der Waals surface area contributed by atoms with Gasteiger partial charge >= 0.3 is 0 Å². The second-order valence-electron chi connectivity index (χ2n) is 2.83. The average molecular weight is 164 g/mol. The van der Waals surface area contributed by atoms with Crippen molar-refractivity contribution in [2.24, 2.45) is 0 Å². The number of ether oxygens (including phenoxy) is 1. The quantitative estimate of drug-likeness (QED) is 0.482. The topological polar surface area (TPSA) is 21.3 Å². The Morgan fingerprint density at radius 3 is 2.70 bits per heavy atom. The third-order valence-corrected chi connectivity index (χ3v) is 2.43. The van der Waals surface area contributed by atoms with Crippen LogP contribution in [-0.2, 0) is 4.74 Å². The van der Waals surface area contributed by atoms with Crippen LogP contribution in [0.25, 0.3) is 0 Å². The Morgan fingerprint density at radius 1 is 1.60 bits per heavy atom. The highest BCUT2D eigenvalue weighted by Gasteiger charge is 2.40. The molecule has 0 radical (unpaired) electrons. The zero-order valence-electron chi connectivity index (χ0n) is 6.32. The van der Waals surface area contributed by atoms with Gasteiger partial charge in [0.05, 0.1) is 6.61 Å². The lowest BCUT2D eigenvalue weighted by molar-refractivity contribution is 0.195. The largest absolute Gasteiger partial charge is 0.383 e. The van der Waals surface area contributed by atoms with Crippen LogP contribution in [-0.4, -0.2) is 31.7 Å². The molecule has 0 bridgehead atoms. The standard InChI is InChI=1S/C7H14ClNO/c1-10-5-4-9-7(6-8)2-3-7/h9H,2-6H2,1H3. The van der Waals surface area contributed by atoms with Gasteiger partial charge in [-0.25, -0.2) is 0 Å². The predicted octanol–water partition coefficient (Wildman–Crippen LogP) is 0.994. The summed E-state index contributed by atoms with van der Waals surface area (Å²) in [5, 5.41) is 3.36. The van der Waals surface area contributed by atoms with Crippen LogP contribution in [0.2, 0.25) is 0 Å². The molecule has 3 heteroatoms. The molecule has 0 heterocycles. The molecule has 0 spiro atoms. The number of rotatable bonds is 5. The Morgan fingerprint density at radius 2 is 2.30 bits per heavy atom. The number of nitrogens with one attached hydrogen (secondary N) is 1. The van der Waals surface area contributed by atoms with Gasteiger partial charge in [-0.2, -0.15) is 0 Å². The Kier molecular flexibility index (Phi) is 2.96. The minimum absolute atomic E-state index is 0.278. The summed E-state index contributed by atoms with van der Waals surface area (Å²) < 4.78 is 4.90. The van der Waals surface area contributed by atoms with E-state index in [2.05, 4.69) is 5.32 Å². The molecule has 0 saturated heterocycles. The van der Waals surface area contributed by atoms with E-state index in [4.69, 9.17) is 16.3 Å². The van der Waals surface area contributed by atoms with E-state index in [1.165, 1.54) is 12.8 Å². The van der Waals surface area contributed by atoms with Gasteiger partial charge in [-0.1, -0.05) is 0 Å². The van der Waals surface area contributed by atoms with Crippen molar-refractivity contribution in [1.82, 2.24) is 5.32 Å². The molecule has 0 aromatic carbocycles. The molecule has 1 saturated carbocycles. The third kappa shape index (κ3) is 2.11. The molecule has 1 aliphatic rings. The van der Waals surface area contributed by atoms with Crippen molar-refractivity contribution in [3.8, 4) is 0 Å². The van der Waals surface area contributed by atoms with Crippen molar-refractivity contribution < 1.29 is 4.74 Å². The summed E-state index contributed by atoms with van der Waals surface area (Å²) in [4.78, 5) is 0. The van der Waals surface area contributed by atoms with Gasteiger partial charge in [-0.3, -0.25) is 0 Å². The fourth-order valence-corrected chi connectivity index (χ4v) is 1.29. The molecule has 1 N–H and O–H groups in total. The first-order chi connectivity index (χ1) is 4.83. The van der Waals surface area contributed by atoms with E-state index in [1.807, 2.05) is 0 Å². The Labute approximate surface area is 66.9 Å². The van der Waals surface area contributed by atoms with E-state index < -0.39 is 0 Å².